The van der Waals surface area contributed by atoms with Gasteiger partial charge in [-0.1, -0.05) is 42.5 Å². The van der Waals surface area contributed by atoms with E-state index in [0.29, 0.717) is 17.1 Å². The average molecular weight is 466 g/mol. The number of halogens is 3. The molecule has 3 aromatic carbocycles. The maximum atomic E-state index is 13.0. The molecule has 0 saturated carbocycles. The van der Waals surface area contributed by atoms with Crippen LogP contribution in [0.5, 0.6) is 11.5 Å². The molecule has 0 aliphatic carbocycles. The molecule has 1 amide bonds. The second-order valence-corrected chi connectivity index (χ2v) is 8.10. The van der Waals surface area contributed by atoms with E-state index in [9.17, 15) is 18.0 Å². The maximum absolute atomic E-state index is 13.0. The Morgan fingerprint density at radius 1 is 1.00 bits per heavy atom. The fourth-order valence-corrected chi connectivity index (χ4v) is 4.31. The van der Waals surface area contributed by atoms with Gasteiger partial charge in [0.15, 0.2) is 11.5 Å². The van der Waals surface area contributed by atoms with Crippen LogP contribution in [0.1, 0.15) is 34.6 Å². The number of hydrogen-bond donors (Lipinski definition) is 2. The van der Waals surface area contributed by atoms with E-state index in [-0.39, 0.29) is 31.6 Å². The fourth-order valence-electron chi connectivity index (χ4n) is 4.31. The molecule has 1 atom stereocenters. The molecule has 0 bridgehead atoms. The molecule has 2 N–H and O–H groups in total. The number of carbonyl (C=O) groups excluding carboxylic acids is 1. The predicted octanol–water partition coefficient (Wildman–Crippen LogP) is 5.75. The summed E-state index contributed by atoms with van der Waals surface area (Å²) in [5.41, 5.74) is 2.32. The van der Waals surface area contributed by atoms with E-state index in [2.05, 4.69) is 10.3 Å². The van der Waals surface area contributed by atoms with Crippen LogP contribution in [0.3, 0.4) is 0 Å². The molecule has 0 fully saturated rings. The standard InChI is InChI=1S/C26H21F3N2O3/c27-26(28,29)17-6-3-5-16(11-17)13-31-24(32)12-20(19-8-4-10-23-25(19)34-15-33-23)21-14-30-22-9-2-1-7-18(21)22/h1-11,14,20,30H,12-13,15H2,(H,31,32)/t20-/m1/s1. The zero-order chi connectivity index (χ0) is 23.7. The highest BCUT2D eigenvalue weighted by molar-refractivity contribution is 5.86. The Labute approximate surface area is 193 Å². The second kappa shape index (κ2) is 8.78. The Morgan fingerprint density at radius 2 is 1.82 bits per heavy atom. The van der Waals surface area contributed by atoms with E-state index >= 15 is 0 Å². The van der Waals surface area contributed by atoms with Gasteiger partial charge in [-0.2, -0.15) is 13.2 Å². The SMILES string of the molecule is O=C(C[C@H](c1cccc2c1OCO2)c1c[nH]c2ccccc12)NCc1cccc(C(F)(F)F)c1. The first kappa shape index (κ1) is 21.9. The molecule has 0 radical (unpaired) electrons. The van der Waals surface area contributed by atoms with Crippen molar-refractivity contribution in [1.82, 2.24) is 10.3 Å². The lowest BCUT2D eigenvalue weighted by molar-refractivity contribution is -0.137. The van der Waals surface area contributed by atoms with Crippen LogP contribution >= 0.6 is 0 Å². The molecule has 1 aromatic heterocycles. The largest absolute Gasteiger partial charge is 0.454 e. The number of benzene rings is 3. The lowest BCUT2D eigenvalue weighted by Crippen LogP contribution is -2.25. The fraction of sp³-hybridized carbons (Fsp3) is 0.192. The number of rotatable bonds is 6. The van der Waals surface area contributed by atoms with Gasteiger partial charge in [0.25, 0.3) is 0 Å². The highest BCUT2D eigenvalue weighted by Gasteiger charge is 2.31. The minimum absolute atomic E-state index is 0.00410. The summed E-state index contributed by atoms with van der Waals surface area (Å²) >= 11 is 0. The molecule has 1 aliphatic rings. The molecule has 1 aliphatic heterocycles. The molecule has 0 unspecified atom stereocenters. The van der Waals surface area contributed by atoms with Gasteiger partial charge in [0.05, 0.1) is 5.56 Å². The molecule has 34 heavy (non-hydrogen) atoms. The van der Waals surface area contributed by atoms with Crippen LogP contribution in [0.2, 0.25) is 0 Å². The molecule has 0 saturated heterocycles. The number of aromatic amines is 1. The highest BCUT2D eigenvalue weighted by atomic mass is 19.4. The summed E-state index contributed by atoms with van der Waals surface area (Å²) in [6.45, 7) is 0.102. The zero-order valence-corrected chi connectivity index (χ0v) is 18.0. The second-order valence-electron chi connectivity index (χ2n) is 8.10. The zero-order valence-electron chi connectivity index (χ0n) is 18.0. The summed E-state index contributed by atoms with van der Waals surface area (Å²) in [7, 11) is 0. The first-order valence-electron chi connectivity index (χ1n) is 10.8. The molecule has 5 rings (SSSR count). The van der Waals surface area contributed by atoms with E-state index in [1.54, 1.807) is 6.07 Å². The Hall–Kier alpha value is -3.94. The number of ether oxygens (including phenoxy) is 2. The average Bonchev–Trinajstić information content (AvgIpc) is 3.48. The number of alkyl halides is 3. The van der Waals surface area contributed by atoms with E-state index < -0.39 is 11.7 Å². The van der Waals surface area contributed by atoms with Gasteiger partial charge in [-0.25, -0.2) is 0 Å². The third kappa shape index (κ3) is 4.31. The van der Waals surface area contributed by atoms with Crippen molar-refractivity contribution in [3.63, 3.8) is 0 Å². The van der Waals surface area contributed by atoms with Gasteiger partial charge < -0.3 is 19.8 Å². The molecule has 5 nitrogen and oxygen atoms in total. The van der Waals surface area contributed by atoms with Gasteiger partial charge in [0.1, 0.15) is 0 Å². The lowest BCUT2D eigenvalue weighted by Gasteiger charge is -2.19. The Kier molecular flexibility index (Phi) is 5.65. The first-order valence-corrected chi connectivity index (χ1v) is 10.8. The van der Waals surface area contributed by atoms with Gasteiger partial charge in [0.2, 0.25) is 12.7 Å². The summed E-state index contributed by atoms with van der Waals surface area (Å²) in [5.74, 6) is 0.577. The number of aromatic nitrogens is 1. The smallest absolute Gasteiger partial charge is 0.416 e. The van der Waals surface area contributed by atoms with Crippen molar-refractivity contribution in [2.45, 2.75) is 25.1 Å². The van der Waals surface area contributed by atoms with Crippen molar-refractivity contribution in [3.05, 3.63) is 95.2 Å². The molecule has 8 heteroatoms. The highest BCUT2D eigenvalue weighted by Crippen LogP contribution is 2.44. The quantitative estimate of drug-likeness (QED) is 0.380. The number of para-hydroxylation sites is 2. The number of amides is 1. The van der Waals surface area contributed by atoms with Crippen molar-refractivity contribution < 1.29 is 27.4 Å². The molecule has 2 heterocycles. The van der Waals surface area contributed by atoms with E-state index in [1.807, 2.05) is 48.7 Å². The van der Waals surface area contributed by atoms with E-state index in [4.69, 9.17) is 9.47 Å². The third-order valence-electron chi connectivity index (χ3n) is 5.93. The monoisotopic (exact) mass is 466 g/mol. The van der Waals surface area contributed by atoms with Gasteiger partial charge in [-0.3, -0.25) is 4.79 Å². The van der Waals surface area contributed by atoms with Gasteiger partial charge in [0, 0.05) is 41.5 Å². The Morgan fingerprint density at radius 3 is 2.68 bits per heavy atom. The molecule has 174 valence electrons. The molecular formula is C26H21F3N2O3. The van der Waals surface area contributed by atoms with Crippen LogP contribution in [-0.4, -0.2) is 17.7 Å². The number of nitrogens with one attached hydrogen (secondary N) is 2. The molecular weight excluding hydrogens is 445 g/mol. The van der Waals surface area contributed by atoms with Crippen LogP contribution < -0.4 is 14.8 Å². The molecule has 0 spiro atoms. The van der Waals surface area contributed by atoms with Crippen molar-refractivity contribution in [2.75, 3.05) is 6.79 Å². The minimum atomic E-state index is -4.43. The Bertz CT molecular complexity index is 1350. The van der Waals surface area contributed by atoms with Crippen LogP contribution in [-0.2, 0) is 17.5 Å². The topological polar surface area (TPSA) is 63.4 Å². The van der Waals surface area contributed by atoms with Gasteiger partial charge >= 0.3 is 6.18 Å². The summed E-state index contributed by atoms with van der Waals surface area (Å²) in [4.78, 5) is 16.2. The summed E-state index contributed by atoms with van der Waals surface area (Å²) < 4.78 is 50.3. The van der Waals surface area contributed by atoms with Gasteiger partial charge in [-0.15, -0.1) is 0 Å². The first-order chi connectivity index (χ1) is 16.4. The summed E-state index contributed by atoms with van der Waals surface area (Å²) in [6.07, 6.45) is -2.47. The number of carbonyl (C=O) groups is 1. The van der Waals surface area contributed by atoms with Crippen molar-refractivity contribution in [3.8, 4) is 11.5 Å². The van der Waals surface area contributed by atoms with Crippen LogP contribution in [0, 0.1) is 0 Å². The van der Waals surface area contributed by atoms with Crippen molar-refractivity contribution in [2.24, 2.45) is 0 Å². The Balaban J connectivity index is 1.42. The molecule has 4 aromatic rings. The van der Waals surface area contributed by atoms with Crippen LogP contribution in [0.4, 0.5) is 13.2 Å². The maximum Gasteiger partial charge on any atom is 0.416 e. The number of H-pyrrole nitrogens is 1. The summed E-state index contributed by atoms with van der Waals surface area (Å²) in [5, 5.41) is 3.75. The van der Waals surface area contributed by atoms with E-state index in [1.165, 1.54) is 6.07 Å². The van der Waals surface area contributed by atoms with Crippen LogP contribution in [0.15, 0.2) is 72.9 Å². The van der Waals surface area contributed by atoms with Crippen molar-refractivity contribution >= 4 is 16.8 Å². The summed E-state index contributed by atoms with van der Waals surface area (Å²) in [6, 6.07) is 18.3. The minimum Gasteiger partial charge on any atom is -0.454 e. The number of hydrogen-bond acceptors (Lipinski definition) is 3. The lowest BCUT2D eigenvalue weighted by atomic mass is 9.87. The van der Waals surface area contributed by atoms with Gasteiger partial charge in [-0.05, 0) is 35.4 Å². The third-order valence-corrected chi connectivity index (χ3v) is 5.93. The van der Waals surface area contributed by atoms with E-state index in [0.717, 1.165) is 34.2 Å². The predicted molar refractivity (Wildman–Crippen MR) is 121 cm³/mol. The normalized spacial score (nSPS) is 13.7. The number of fused-ring (bicyclic) bond motifs is 2. The van der Waals surface area contributed by atoms with Crippen LogP contribution in [0.25, 0.3) is 10.9 Å². The van der Waals surface area contributed by atoms with Crippen molar-refractivity contribution in [1.29, 1.82) is 0 Å².